The fraction of sp³-hybridized carbons (Fsp3) is 0.600. The molecule has 1 heterocycles. The zero-order chi connectivity index (χ0) is 7.40. The lowest BCUT2D eigenvalue weighted by Gasteiger charge is -1.92. The molecule has 0 aliphatic carbocycles. The molecular formula is C5H7IN2OS. The van der Waals surface area contributed by atoms with Crippen LogP contribution in [0.4, 0.5) is 0 Å². The average Bonchev–Trinajstić information content (AvgIpc) is 2.31. The van der Waals surface area contributed by atoms with E-state index in [0.717, 1.165) is 15.4 Å². The van der Waals surface area contributed by atoms with Crippen LogP contribution in [0, 0.1) is 3.01 Å². The summed E-state index contributed by atoms with van der Waals surface area (Å²) in [5, 5.41) is 0. The predicted octanol–water partition coefficient (Wildman–Crippen LogP) is 1.68. The Bertz CT molecular complexity index is 203. The highest BCUT2D eigenvalue weighted by atomic mass is 127. The minimum Gasteiger partial charge on any atom is -0.374 e. The summed E-state index contributed by atoms with van der Waals surface area (Å²) >= 11 is 3.54. The summed E-state index contributed by atoms with van der Waals surface area (Å²) in [5.41, 5.74) is 0. The molecule has 0 saturated heterocycles. The fourth-order valence-corrected chi connectivity index (χ4v) is 1.48. The minimum atomic E-state index is 0.538. The van der Waals surface area contributed by atoms with Crippen molar-refractivity contribution in [3.8, 4) is 0 Å². The van der Waals surface area contributed by atoms with Gasteiger partial charge in [-0.05, 0) is 41.0 Å². The van der Waals surface area contributed by atoms with Crippen LogP contribution in [-0.4, -0.2) is 16.0 Å². The first-order valence-electron chi connectivity index (χ1n) is 2.88. The van der Waals surface area contributed by atoms with Crippen molar-refractivity contribution in [2.75, 3.05) is 6.61 Å². The maximum atomic E-state index is 5.11. The first-order chi connectivity index (χ1) is 4.83. The predicted molar refractivity (Wildman–Crippen MR) is 48.0 cm³/mol. The molecule has 10 heavy (non-hydrogen) atoms. The topological polar surface area (TPSA) is 35.0 Å². The van der Waals surface area contributed by atoms with Crippen molar-refractivity contribution < 1.29 is 4.74 Å². The smallest absolute Gasteiger partial charge is 0.174 e. The summed E-state index contributed by atoms with van der Waals surface area (Å²) in [5.74, 6) is 0.788. The molecule has 1 aromatic rings. The summed E-state index contributed by atoms with van der Waals surface area (Å²) in [6.07, 6.45) is 0. The second kappa shape index (κ2) is 4.20. The Kier molecular flexibility index (Phi) is 3.50. The van der Waals surface area contributed by atoms with Crippen molar-refractivity contribution in [1.82, 2.24) is 9.36 Å². The van der Waals surface area contributed by atoms with Crippen molar-refractivity contribution in [2.24, 2.45) is 0 Å². The molecule has 0 N–H and O–H groups in total. The molecule has 1 aromatic heterocycles. The first-order valence-corrected chi connectivity index (χ1v) is 4.74. The fourth-order valence-electron chi connectivity index (χ4n) is 0.485. The molecule has 56 valence electrons. The molecule has 1 rings (SSSR count). The van der Waals surface area contributed by atoms with E-state index in [1.807, 2.05) is 6.92 Å². The van der Waals surface area contributed by atoms with E-state index in [1.54, 1.807) is 0 Å². The lowest BCUT2D eigenvalue weighted by molar-refractivity contribution is 0.129. The number of aromatic nitrogens is 2. The Morgan fingerprint density at radius 1 is 1.70 bits per heavy atom. The van der Waals surface area contributed by atoms with Gasteiger partial charge in [0.25, 0.3) is 0 Å². The van der Waals surface area contributed by atoms with Gasteiger partial charge in [-0.15, -0.1) is 0 Å². The van der Waals surface area contributed by atoms with Gasteiger partial charge >= 0.3 is 0 Å². The van der Waals surface area contributed by atoms with Crippen LogP contribution in [0.15, 0.2) is 0 Å². The van der Waals surface area contributed by atoms with Crippen LogP contribution in [0.25, 0.3) is 0 Å². The van der Waals surface area contributed by atoms with Crippen LogP contribution >= 0.6 is 34.1 Å². The third kappa shape index (κ3) is 2.47. The van der Waals surface area contributed by atoms with Crippen molar-refractivity contribution >= 4 is 34.1 Å². The highest BCUT2D eigenvalue weighted by Gasteiger charge is 1.98. The Balaban J connectivity index is 2.42. The molecule has 0 atom stereocenters. The number of nitrogens with zero attached hydrogens (tertiary/aromatic N) is 2. The molecular weight excluding hydrogens is 263 g/mol. The third-order valence-electron chi connectivity index (χ3n) is 0.879. The molecule has 5 heteroatoms. The van der Waals surface area contributed by atoms with Gasteiger partial charge in [-0.25, -0.2) is 4.98 Å². The highest BCUT2D eigenvalue weighted by Crippen LogP contribution is 2.07. The monoisotopic (exact) mass is 270 g/mol. The lowest BCUT2D eigenvalue weighted by atomic mass is 10.7. The highest BCUT2D eigenvalue weighted by molar-refractivity contribution is 14.1. The number of hydrogen-bond donors (Lipinski definition) is 0. The lowest BCUT2D eigenvalue weighted by Crippen LogP contribution is -1.93. The van der Waals surface area contributed by atoms with Gasteiger partial charge < -0.3 is 4.74 Å². The molecule has 0 saturated carbocycles. The van der Waals surface area contributed by atoms with E-state index < -0.39 is 0 Å². The van der Waals surface area contributed by atoms with Gasteiger partial charge in [0.15, 0.2) is 8.84 Å². The molecule has 0 aliphatic rings. The van der Waals surface area contributed by atoms with Crippen molar-refractivity contribution in [2.45, 2.75) is 13.5 Å². The summed E-state index contributed by atoms with van der Waals surface area (Å²) in [4.78, 5) is 4.12. The van der Waals surface area contributed by atoms with Crippen molar-refractivity contribution in [3.05, 3.63) is 8.84 Å². The molecule has 0 unspecified atom stereocenters. The SMILES string of the molecule is CCOCc1nsc(I)n1. The van der Waals surface area contributed by atoms with Gasteiger partial charge in [-0.1, -0.05) is 0 Å². The van der Waals surface area contributed by atoms with E-state index in [0.29, 0.717) is 6.61 Å². The summed E-state index contributed by atoms with van der Waals surface area (Å²) in [6, 6.07) is 0. The van der Waals surface area contributed by atoms with Crippen LogP contribution in [0.5, 0.6) is 0 Å². The van der Waals surface area contributed by atoms with Gasteiger partial charge in [0.2, 0.25) is 0 Å². The minimum absolute atomic E-state index is 0.538. The largest absolute Gasteiger partial charge is 0.374 e. The quantitative estimate of drug-likeness (QED) is 0.784. The van der Waals surface area contributed by atoms with Crippen LogP contribution in [-0.2, 0) is 11.3 Å². The Hall–Kier alpha value is 0.250. The van der Waals surface area contributed by atoms with Gasteiger partial charge in [0.05, 0.1) is 0 Å². The van der Waals surface area contributed by atoms with E-state index in [1.165, 1.54) is 11.5 Å². The molecule has 0 bridgehead atoms. The number of rotatable bonds is 3. The third-order valence-corrected chi connectivity index (χ3v) is 2.25. The van der Waals surface area contributed by atoms with E-state index in [-0.39, 0.29) is 0 Å². The summed E-state index contributed by atoms with van der Waals surface area (Å²) < 4.78 is 10.1. The Morgan fingerprint density at radius 3 is 3.00 bits per heavy atom. The molecule has 0 aromatic carbocycles. The normalized spacial score (nSPS) is 10.2. The van der Waals surface area contributed by atoms with Crippen molar-refractivity contribution in [1.29, 1.82) is 0 Å². The number of hydrogen-bond acceptors (Lipinski definition) is 4. The first kappa shape index (κ1) is 8.35. The number of ether oxygens (including phenoxy) is 1. The van der Waals surface area contributed by atoms with Gasteiger partial charge in [0, 0.05) is 6.61 Å². The van der Waals surface area contributed by atoms with E-state index in [9.17, 15) is 0 Å². The Labute approximate surface area is 77.1 Å². The zero-order valence-corrected chi connectivity index (χ0v) is 8.48. The Morgan fingerprint density at radius 2 is 2.50 bits per heavy atom. The van der Waals surface area contributed by atoms with Gasteiger partial charge in [-0.2, -0.15) is 4.37 Å². The van der Waals surface area contributed by atoms with E-state index in [4.69, 9.17) is 4.74 Å². The van der Waals surface area contributed by atoms with Gasteiger partial charge in [0.1, 0.15) is 6.61 Å². The summed E-state index contributed by atoms with van der Waals surface area (Å²) in [7, 11) is 0. The van der Waals surface area contributed by atoms with Gasteiger partial charge in [-0.3, -0.25) is 0 Å². The maximum absolute atomic E-state index is 5.11. The van der Waals surface area contributed by atoms with Crippen LogP contribution in [0.3, 0.4) is 0 Å². The summed E-state index contributed by atoms with van der Waals surface area (Å²) in [6.45, 7) is 3.21. The molecule has 0 aliphatic heterocycles. The molecule has 0 radical (unpaired) electrons. The average molecular weight is 270 g/mol. The maximum Gasteiger partial charge on any atom is 0.174 e. The molecule has 0 spiro atoms. The standard InChI is InChI=1S/C5H7IN2OS/c1-2-9-3-4-7-5(6)10-8-4/h2-3H2,1H3. The second-order valence-corrected chi connectivity index (χ2v) is 4.11. The van der Waals surface area contributed by atoms with Crippen molar-refractivity contribution in [3.63, 3.8) is 0 Å². The number of halogens is 1. The van der Waals surface area contributed by atoms with E-state index >= 15 is 0 Å². The molecule has 0 amide bonds. The van der Waals surface area contributed by atoms with Crippen LogP contribution in [0.1, 0.15) is 12.7 Å². The zero-order valence-electron chi connectivity index (χ0n) is 5.50. The second-order valence-electron chi connectivity index (χ2n) is 1.60. The van der Waals surface area contributed by atoms with E-state index in [2.05, 4.69) is 31.9 Å². The molecule has 3 nitrogen and oxygen atoms in total. The van der Waals surface area contributed by atoms with Crippen LogP contribution in [0.2, 0.25) is 0 Å². The van der Waals surface area contributed by atoms with Crippen LogP contribution < -0.4 is 0 Å². The molecule has 0 fully saturated rings.